The number of hydrogen-bond acceptors (Lipinski definition) is 7. The van der Waals surface area contributed by atoms with Gasteiger partial charge in [-0.3, -0.25) is 4.57 Å². The number of alkyl halides is 2. The number of aliphatic hydroxyl groups excluding tert-OH is 3. The Morgan fingerprint density at radius 1 is 1.55 bits per heavy atom. The van der Waals surface area contributed by atoms with E-state index in [9.17, 15) is 23.8 Å². The molecule has 0 spiro atoms. The lowest BCUT2D eigenvalue weighted by Crippen LogP contribution is -2.52. The molecule has 0 aliphatic carbocycles. The molecule has 112 valence electrons. The zero-order chi connectivity index (χ0) is 15.1. The van der Waals surface area contributed by atoms with Gasteiger partial charge in [-0.1, -0.05) is 0 Å². The van der Waals surface area contributed by atoms with Crippen molar-refractivity contribution in [1.29, 1.82) is 0 Å². The molecule has 20 heavy (non-hydrogen) atoms. The van der Waals surface area contributed by atoms with Crippen LogP contribution < -0.4 is 11.4 Å². The highest BCUT2D eigenvalue weighted by molar-refractivity contribution is 5.23. The smallest absolute Gasteiger partial charge is 0.351 e. The summed E-state index contributed by atoms with van der Waals surface area (Å²) in [5.74, 6) is -0.0958. The summed E-state index contributed by atoms with van der Waals surface area (Å²) in [6, 6.07) is 1.20. The van der Waals surface area contributed by atoms with Crippen molar-refractivity contribution in [3.63, 3.8) is 0 Å². The van der Waals surface area contributed by atoms with Gasteiger partial charge in [0.25, 0.3) is 6.43 Å². The highest BCUT2D eigenvalue weighted by atomic mass is 19.3. The number of nitrogens with zero attached hydrogens (tertiary/aromatic N) is 2. The molecule has 0 amide bonds. The lowest BCUT2D eigenvalue weighted by Gasteiger charge is -2.28. The first-order chi connectivity index (χ1) is 9.33. The first kappa shape index (κ1) is 14.8. The molecule has 1 aromatic heterocycles. The van der Waals surface area contributed by atoms with Crippen LogP contribution in [0.2, 0.25) is 0 Å². The molecule has 3 unspecified atom stereocenters. The van der Waals surface area contributed by atoms with E-state index in [1.165, 1.54) is 6.07 Å². The summed E-state index contributed by atoms with van der Waals surface area (Å²) >= 11 is 0. The predicted molar refractivity (Wildman–Crippen MR) is 60.9 cm³/mol. The molecule has 1 saturated heterocycles. The maximum Gasteiger partial charge on any atom is 0.351 e. The second-order valence-electron chi connectivity index (χ2n) is 4.40. The van der Waals surface area contributed by atoms with Crippen LogP contribution in [0.1, 0.15) is 6.23 Å². The van der Waals surface area contributed by atoms with E-state index in [0.717, 1.165) is 6.20 Å². The van der Waals surface area contributed by atoms with Gasteiger partial charge >= 0.3 is 5.69 Å². The topological polar surface area (TPSA) is 131 Å². The van der Waals surface area contributed by atoms with Crippen LogP contribution in [0.15, 0.2) is 17.1 Å². The quantitative estimate of drug-likeness (QED) is 0.510. The van der Waals surface area contributed by atoms with Gasteiger partial charge in [-0.05, 0) is 6.07 Å². The second-order valence-corrected chi connectivity index (χ2v) is 4.40. The number of aromatic nitrogens is 2. The lowest BCUT2D eigenvalue weighted by molar-refractivity contribution is -0.195. The van der Waals surface area contributed by atoms with Crippen LogP contribution >= 0.6 is 0 Å². The number of rotatable bonds is 3. The van der Waals surface area contributed by atoms with Crippen molar-refractivity contribution in [3.8, 4) is 0 Å². The lowest BCUT2D eigenvalue weighted by atomic mass is 9.96. The third-order valence-electron chi connectivity index (χ3n) is 3.20. The zero-order valence-electron chi connectivity index (χ0n) is 10.1. The minimum Gasteiger partial charge on any atom is -0.393 e. The predicted octanol–water partition coefficient (Wildman–Crippen LogP) is -1.93. The van der Waals surface area contributed by atoms with Crippen LogP contribution in [0.4, 0.5) is 14.6 Å². The van der Waals surface area contributed by atoms with Crippen LogP contribution in [-0.4, -0.2) is 55.7 Å². The summed E-state index contributed by atoms with van der Waals surface area (Å²) in [5.41, 5.74) is 1.68. The Bertz CT molecular complexity index is 554. The van der Waals surface area contributed by atoms with Gasteiger partial charge in [0.05, 0.1) is 6.61 Å². The highest BCUT2D eigenvalue weighted by Crippen LogP contribution is 2.40. The molecule has 1 aliphatic rings. The normalized spacial score (nSPS) is 33.8. The standard InChI is InChI=1S/C10H13F2N3O5/c11-8(12)10(3-16)6(18)5(17)7(20-10)15-2-1-4(13)14-9(15)19/h1-2,5-8,16-18H,3H2,(H2,13,14,19)/t5?,6?,7?,10-/m1/s1. The molecule has 1 fully saturated rings. The molecule has 1 aromatic rings. The first-order valence-corrected chi connectivity index (χ1v) is 5.61. The van der Waals surface area contributed by atoms with E-state index in [1.54, 1.807) is 0 Å². The van der Waals surface area contributed by atoms with Gasteiger partial charge in [-0.2, -0.15) is 4.98 Å². The van der Waals surface area contributed by atoms with Gasteiger partial charge in [0.1, 0.15) is 18.0 Å². The van der Waals surface area contributed by atoms with Gasteiger partial charge < -0.3 is 25.8 Å². The van der Waals surface area contributed by atoms with E-state index >= 15 is 0 Å². The average molecular weight is 293 g/mol. The Balaban J connectivity index is 2.42. The summed E-state index contributed by atoms with van der Waals surface area (Å²) in [7, 11) is 0. The first-order valence-electron chi connectivity index (χ1n) is 5.61. The molecule has 0 bridgehead atoms. The van der Waals surface area contributed by atoms with Gasteiger partial charge in [-0.25, -0.2) is 13.6 Å². The molecule has 0 radical (unpaired) electrons. The van der Waals surface area contributed by atoms with E-state index in [2.05, 4.69) is 4.98 Å². The molecular formula is C10H13F2N3O5. The second kappa shape index (κ2) is 5.05. The van der Waals surface area contributed by atoms with Crippen molar-refractivity contribution >= 4 is 5.82 Å². The van der Waals surface area contributed by atoms with Crippen LogP contribution in [-0.2, 0) is 4.74 Å². The molecule has 1 aliphatic heterocycles. The third kappa shape index (κ3) is 2.06. The number of halogens is 2. The van der Waals surface area contributed by atoms with E-state index in [-0.39, 0.29) is 5.82 Å². The SMILES string of the molecule is Nc1ccn(C2O[C@@](CO)(C(F)F)C(O)C2O)c(=O)n1. The summed E-state index contributed by atoms with van der Waals surface area (Å²) in [6.07, 6.45) is -7.68. The molecule has 2 heterocycles. The van der Waals surface area contributed by atoms with Crippen LogP contribution in [0.5, 0.6) is 0 Å². The van der Waals surface area contributed by atoms with Gasteiger partial charge in [0.15, 0.2) is 11.8 Å². The number of hydrogen-bond donors (Lipinski definition) is 4. The van der Waals surface area contributed by atoms with E-state index in [1.807, 2.05) is 0 Å². The van der Waals surface area contributed by atoms with E-state index in [4.69, 9.17) is 15.6 Å². The van der Waals surface area contributed by atoms with Crippen molar-refractivity contribution in [2.24, 2.45) is 0 Å². The van der Waals surface area contributed by atoms with Crippen molar-refractivity contribution < 1.29 is 28.8 Å². The number of ether oxygens (including phenoxy) is 1. The average Bonchev–Trinajstić information content (AvgIpc) is 2.64. The molecule has 0 aromatic carbocycles. The van der Waals surface area contributed by atoms with Gasteiger partial charge in [0, 0.05) is 6.20 Å². The van der Waals surface area contributed by atoms with Gasteiger partial charge in [0.2, 0.25) is 0 Å². The van der Waals surface area contributed by atoms with Crippen molar-refractivity contribution in [2.75, 3.05) is 12.3 Å². The minimum atomic E-state index is -3.26. The monoisotopic (exact) mass is 293 g/mol. The number of anilines is 1. The van der Waals surface area contributed by atoms with Crippen LogP contribution in [0, 0.1) is 0 Å². The molecule has 2 rings (SSSR count). The Labute approximate surface area is 111 Å². The zero-order valence-corrected chi connectivity index (χ0v) is 10.1. The fourth-order valence-corrected chi connectivity index (χ4v) is 2.03. The van der Waals surface area contributed by atoms with Crippen molar-refractivity contribution in [1.82, 2.24) is 9.55 Å². The largest absolute Gasteiger partial charge is 0.393 e. The fraction of sp³-hybridized carbons (Fsp3) is 0.600. The summed E-state index contributed by atoms with van der Waals surface area (Å²) < 4.78 is 31.6. The number of nitrogens with two attached hydrogens (primary N) is 1. The highest BCUT2D eigenvalue weighted by Gasteiger charge is 2.60. The minimum absolute atomic E-state index is 0.0958. The molecule has 5 N–H and O–H groups in total. The van der Waals surface area contributed by atoms with Crippen molar-refractivity contribution in [2.45, 2.75) is 30.5 Å². The molecular weight excluding hydrogens is 280 g/mol. The summed E-state index contributed by atoms with van der Waals surface area (Å²) in [6.45, 7) is -1.23. The maximum atomic E-state index is 13.0. The number of aliphatic hydroxyl groups is 3. The molecule has 8 nitrogen and oxygen atoms in total. The molecule has 10 heteroatoms. The molecule has 0 saturated carbocycles. The Morgan fingerprint density at radius 2 is 2.20 bits per heavy atom. The fourth-order valence-electron chi connectivity index (χ4n) is 2.03. The maximum absolute atomic E-state index is 13.0. The van der Waals surface area contributed by atoms with E-state index in [0.29, 0.717) is 4.57 Å². The third-order valence-corrected chi connectivity index (χ3v) is 3.20. The van der Waals surface area contributed by atoms with Crippen molar-refractivity contribution in [3.05, 3.63) is 22.7 Å². The van der Waals surface area contributed by atoms with Crippen LogP contribution in [0.3, 0.4) is 0 Å². The Hall–Kier alpha value is -1.62. The van der Waals surface area contributed by atoms with Gasteiger partial charge in [-0.15, -0.1) is 0 Å². The Kier molecular flexibility index (Phi) is 3.73. The Morgan fingerprint density at radius 3 is 2.65 bits per heavy atom. The number of nitrogen functional groups attached to an aromatic ring is 1. The molecule has 4 atom stereocenters. The van der Waals surface area contributed by atoms with Crippen LogP contribution in [0.25, 0.3) is 0 Å². The summed E-state index contributed by atoms with van der Waals surface area (Å²) in [4.78, 5) is 15.0. The van der Waals surface area contributed by atoms with E-state index < -0.39 is 42.8 Å². The summed E-state index contributed by atoms with van der Waals surface area (Å²) in [5, 5.41) is 28.5.